The predicted octanol–water partition coefficient (Wildman–Crippen LogP) is 1.89. The molecule has 6 nitrogen and oxygen atoms in total. The molecule has 2 aliphatic rings. The first-order valence-electron chi connectivity index (χ1n) is 6.82. The summed E-state index contributed by atoms with van der Waals surface area (Å²) in [5, 5.41) is 12.5. The van der Waals surface area contributed by atoms with Crippen LogP contribution in [0.4, 0.5) is 13.2 Å². The second kappa shape index (κ2) is 4.99. The summed E-state index contributed by atoms with van der Waals surface area (Å²) >= 11 is 0. The minimum Gasteiger partial charge on any atom is -0.481 e. The Morgan fingerprint density at radius 1 is 1.32 bits per heavy atom. The normalized spacial score (nSPS) is 25.5. The van der Waals surface area contributed by atoms with Crippen molar-refractivity contribution in [2.45, 2.75) is 24.9 Å². The van der Waals surface area contributed by atoms with Crippen LogP contribution >= 0.6 is 0 Å². The zero-order chi connectivity index (χ0) is 16.1. The molecular formula is C13H13F3N2O4. The number of amides is 1. The molecule has 1 saturated carbocycles. The number of carboxylic acid groups (broad SMARTS) is 1. The second-order valence-corrected chi connectivity index (χ2v) is 5.69. The summed E-state index contributed by atoms with van der Waals surface area (Å²) in [6, 6.07) is 1.43. The molecule has 3 rings (SSSR count). The molecule has 0 radical (unpaired) electrons. The van der Waals surface area contributed by atoms with Crippen LogP contribution in [0.25, 0.3) is 0 Å². The van der Waals surface area contributed by atoms with Crippen LogP contribution in [-0.4, -0.2) is 46.3 Å². The lowest BCUT2D eigenvalue weighted by atomic mass is 9.96. The number of nitrogens with zero attached hydrogens (tertiary/aromatic N) is 2. The summed E-state index contributed by atoms with van der Waals surface area (Å²) < 4.78 is 43.7. The van der Waals surface area contributed by atoms with Crippen molar-refractivity contribution >= 4 is 11.9 Å². The average molecular weight is 318 g/mol. The number of aromatic nitrogens is 1. The first kappa shape index (κ1) is 14.9. The lowest BCUT2D eigenvalue weighted by Crippen LogP contribution is -2.34. The van der Waals surface area contributed by atoms with E-state index in [1.54, 1.807) is 0 Å². The molecule has 0 aromatic carbocycles. The van der Waals surface area contributed by atoms with Crippen molar-refractivity contribution in [3.8, 4) is 0 Å². The molecule has 120 valence electrons. The maximum atomic E-state index is 12.9. The standard InChI is InChI=1S/C13H13F3N2O4/c14-13(15,16)8-5-18(4-7(8)12(20)21)11(19)9-3-10(22-17-9)6-1-2-6/h3,6-8H,1-2,4-5H2,(H,20,21)/t7-,8-/m1/s1. The van der Waals surface area contributed by atoms with Crippen molar-refractivity contribution in [3.05, 3.63) is 17.5 Å². The molecule has 0 unspecified atom stereocenters. The van der Waals surface area contributed by atoms with Crippen molar-refractivity contribution in [2.75, 3.05) is 13.1 Å². The van der Waals surface area contributed by atoms with Crippen LogP contribution in [-0.2, 0) is 4.79 Å². The zero-order valence-corrected chi connectivity index (χ0v) is 11.3. The number of carboxylic acids is 1. The van der Waals surface area contributed by atoms with E-state index in [0.717, 1.165) is 17.7 Å². The second-order valence-electron chi connectivity index (χ2n) is 5.69. The van der Waals surface area contributed by atoms with Gasteiger partial charge in [-0.25, -0.2) is 0 Å². The van der Waals surface area contributed by atoms with E-state index >= 15 is 0 Å². The van der Waals surface area contributed by atoms with Crippen molar-refractivity contribution in [2.24, 2.45) is 11.8 Å². The average Bonchev–Trinajstić information content (AvgIpc) is 3.00. The monoisotopic (exact) mass is 318 g/mol. The highest BCUT2D eigenvalue weighted by molar-refractivity contribution is 5.93. The van der Waals surface area contributed by atoms with Gasteiger partial charge in [-0.3, -0.25) is 9.59 Å². The minimum atomic E-state index is -4.67. The van der Waals surface area contributed by atoms with Gasteiger partial charge in [-0.2, -0.15) is 13.2 Å². The first-order chi connectivity index (χ1) is 10.3. The van der Waals surface area contributed by atoms with Gasteiger partial charge in [-0.15, -0.1) is 0 Å². The van der Waals surface area contributed by atoms with Gasteiger partial charge in [0.1, 0.15) is 5.76 Å². The van der Waals surface area contributed by atoms with Gasteiger partial charge in [0.05, 0.1) is 11.8 Å². The van der Waals surface area contributed by atoms with E-state index in [4.69, 9.17) is 9.63 Å². The number of likely N-dealkylation sites (tertiary alicyclic amines) is 1. The lowest BCUT2D eigenvalue weighted by molar-refractivity contribution is -0.187. The molecule has 0 bridgehead atoms. The Labute approximate surface area is 122 Å². The summed E-state index contributed by atoms with van der Waals surface area (Å²) in [5.41, 5.74) is -0.0751. The molecule has 2 atom stereocenters. The van der Waals surface area contributed by atoms with E-state index in [-0.39, 0.29) is 11.6 Å². The van der Waals surface area contributed by atoms with Gasteiger partial charge in [0, 0.05) is 25.1 Å². The number of alkyl halides is 3. The van der Waals surface area contributed by atoms with E-state index in [9.17, 15) is 22.8 Å². The van der Waals surface area contributed by atoms with Crippen LogP contribution in [0.5, 0.6) is 0 Å². The molecule has 1 aromatic rings. The molecule has 1 aromatic heterocycles. The third kappa shape index (κ3) is 2.67. The summed E-state index contributed by atoms with van der Waals surface area (Å²) in [6.07, 6.45) is -2.80. The minimum absolute atomic E-state index is 0.0751. The fraction of sp³-hybridized carbons (Fsp3) is 0.615. The number of carbonyl (C=O) groups is 2. The highest BCUT2D eigenvalue weighted by Crippen LogP contribution is 2.41. The summed E-state index contributed by atoms with van der Waals surface area (Å²) in [5.74, 6) is -5.24. The molecule has 22 heavy (non-hydrogen) atoms. The van der Waals surface area contributed by atoms with E-state index < -0.39 is 43.0 Å². The molecule has 9 heteroatoms. The van der Waals surface area contributed by atoms with Crippen LogP contribution < -0.4 is 0 Å². The van der Waals surface area contributed by atoms with Crippen LogP contribution in [0.15, 0.2) is 10.6 Å². The van der Waals surface area contributed by atoms with Crippen LogP contribution in [0.3, 0.4) is 0 Å². The van der Waals surface area contributed by atoms with Gasteiger partial charge >= 0.3 is 12.1 Å². The van der Waals surface area contributed by atoms with E-state index in [0.29, 0.717) is 5.76 Å². The number of aliphatic carboxylic acids is 1. The Morgan fingerprint density at radius 2 is 2.00 bits per heavy atom. The topological polar surface area (TPSA) is 83.6 Å². The third-order valence-electron chi connectivity index (χ3n) is 4.07. The first-order valence-corrected chi connectivity index (χ1v) is 6.82. The Kier molecular flexibility index (Phi) is 3.37. The number of hydrogen-bond acceptors (Lipinski definition) is 4. The van der Waals surface area contributed by atoms with Crippen molar-refractivity contribution in [3.63, 3.8) is 0 Å². The Balaban J connectivity index is 1.76. The number of rotatable bonds is 3. The maximum Gasteiger partial charge on any atom is 0.394 e. The smallest absolute Gasteiger partial charge is 0.394 e. The maximum absolute atomic E-state index is 12.9. The molecule has 1 N–H and O–H groups in total. The van der Waals surface area contributed by atoms with Gasteiger partial charge in [0.2, 0.25) is 0 Å². The predicted molar refractivity (Wildman–Crippen MR) is 65.1 cm³/mol. The van der Waals surface area contributed by atoms with Crippen LogP contribution in [0.1, 0.15) is 35.0 Å². The lowest BCUT2D eigenvalue weighted by Gasteiger charge is -2.17. The molecule has 1 saturated heterocycles. The fourth-order valence-corrected chi connectivity index (χ4v) is 2.66. The SMILES string of the molecule is O=C(O)[C@@H]1CN(C(=O)c2cc(C3CC3)on2)C[C@H]1C(F)(F)F. The van der Waals surface area contributed by atoms with Gasteiger partial charge in [-0.1, -0.05) is 5.16 Å². The van der Waals surface area contributed by atoms with E-state index in [2.05, 4.69) is 5.16 Å². The quantitative estimate of drug-likeness (QED) is 0.920. The van der Waals surface area contributed by atoms with Crippen LogP contribution in [0.2, 0.25) is 0 Å². The number of hydrogen-bond donors (Lipinski definition) is 1. The largest absolute Gasteiger partial charge is 0.481 e. The summed E-state index contributed by atoms with van der Waals surface area (Å²) in [4.78, 5) is 24.1. The van der Waals surface area contributed by atoms with Gasteiger partial charge < -0.3 is 14.5 Å². The molecule has 1 amide bonds. The van der Waals surface area contributed by atoms with Crippen LogP contribution in [0, 0.1) is 11.8 Å². The highest BCUT2D eigenvalue weighted by Gasteiger charge is 2.53. The summed E-state index contributed by atoms with van der Waals surface area (Å²) in [6.45, 7) is -1.16. The Hall–Kier alpha value is -2.06. The Bertz CT molecular complexity index is 609. The van der Waals surface area contributed by atoms with Crippen molar-refractivity contribution in [1.29, 1.82) is 0 Å². The van der Waals surface area contributed by atoms with E-state index in [1.165, 1.54) is 6.07 Å². The molecule has 1 aliphatic heterocycles. The number of carbonyl (C=O) groups excluding carboxylic acids is 1. The molecule has 2 fully saturated rings. The van der Waals surface area contributed by atoms with Crippen molar-refractivity contribution in [1.82, 2.24) is 10.1 Å². The van der Waals surface area contributed by atoms with Crippen molar-refractivity contribution < 1.29 is 32.4 Å². The molecule has 1 aliphatic carbocycles. The third-order valence-corrected chi connectivity index (χ3v) is 4.07. The molecular weight excluding hydrogens is 305 g/mol. The summed E-state index contributed by atoms with van der Waals surface area (Å²) in [7, 11) is 0. The van der Waals surface area contributed by atoms with Gasteiger partial charge in [0.15, 0.2) is 5.69 Å². The zero-order valence-electron chi connectivity index (χ0n) is 11.3. The number of halogens is 3. The van der Waals surface area contributed by atoms with Gasteiger partial charge in [0.25, 0.3) is 5.91 Å². The fourth-order valence-electron chi connectivity index (χ4n) is 2.66. The van der Waals surface area contributed by atoms with Gasteiger partial charge in [-0.05, 0) is 12.8 Å². The molecule has 2 heterocycles. The van der Waals surface area contributed by atoms with E-state index in [1.807, 2.05) is 0 Å². The molecule has 0 spiro atoms. The highest BCUT2D eigenvalue weighted by atomic mass is 19.4. The Morgan fingerprint density at radius 3 is 2.50 bits per heavy atom.